The minimum atomic E-state index is -0.264. The Hall–Kier alpha value is -11.2. The van der Waals surface area contributed by atoms with E-state index in [-0.39, 0.29) is 10.8 Å². The van der Waals surface area contributed by atoms with Crippen LogP contribution in [-0.2, 0) is 10.8 Å². The molecule has 1 atom stereocenters. The Labute approximate surface area is 607 Å². The van der Waals surface area contributed by atoms with Gasteiger partial charge in [0.15, 0.2) is 0 Å². The Morgan fingerprint density at radius 3 is 0.657 bits per heavy atom. The number of benzene rings is 13. The molecule has 13 aromatic rings. The molecule has 1 unspecified atom stereocenters. The Morgan fingerprint density at radius 2 is 0.441 bits per heavy atom. The van der Waals surface area contributed by atoms with Gasteiger partial charge in [-0.15, -0.1) is 0 Å². The van der Waals surface area contributed by atoms with Crippen LogP contribution in [0.3, 0.4) is 0 Å². The first-order chi connectivity index (χ1) is 49.7. The van der Waals surface area contributed by atoms with Crippen molar-refractivity contribution in [2.24, 2.45) is 0 Å². The number of allylic oxidation sites excluding steroid dienone is 2. The van der Waals surface area contributed by atoms with Crippen molar-refractivity contribution >= 4 is 68.2 Å². The number of anilines is 12. The third kappa shape index (κ3) is 14.8. The second kappa shape index (κ2) is 30.3. The summed E-state index contributed by atoms with van der Waals surface area (Å²) in [5.41, 5.74) is 30.6. The quantitative estimate of drug-likeness (QED) is 0.0843. The third-order valence-electron chi connectivity index (χ3n) is 21.4. The van der Waals surface area contributed by atoms with E-state index in [4.69, 9.17) is 0 Å². The van der Waals surface area contributed by atoms with E-state index in [1.165, 1.54) is 139 Å². The number of hydrogen-bond acceptors (Lipinski definition) is 4. The fraction of sp³-hybridized carbons (Fsp3) is 0.184. The van der Waals surface area contributed by atoms with Gasteiger partial charge in [-0.25, -0.2) is 0 Å². The number of nitrogens with zero attached hydrogens (tertiary/aromatic N) is 4. The smallest absolute Gasteiger partial charge is 0.0461 e. The average Bonchev–Trinajstić information content (AvgIpc) is 0.762. The highest BCUT2D eigenvalue weighted by atomic mass is 15.2. The zero-order chi connectivity index (χ0) is 70.2. The van der Waals surface area contributed by atoms with Gasteiger partial charge in [-0.05, 0) is 254 Å². The normalized spacial score (nSPS) is 14.4. The molecule has 0 amide bonds. The predicted molar refractivity (Wildman–Crippen MR) is 435 cm³/mol. The summed E-state index contributed by atoms with van der Waals surface area (Å²) in [4.78, 5) is 9.46. The van der Waals surface area contributed by atoms with Gasteiger partial charge in [0.1, 0.15) is 0 Å². The first-order valence-electron chi connectivity index (χ1n) is 36.7. The van der Waals surface area contributed by atoms with Crippen LogP contribution < -0.4 is 19.6 Å². The lowest BCUT2D eigenvalue weighted by molar-refractivity contribution is 0.346. The van der Waals surface area contributed by atoms with Crippen molar-refractivity contribution in [3.63, 3.8) is 0 Å². The van der Waals surface area contributed by atoms with E-state index in [2.05, 4.69) is 409 Å². The summed E-state index contributed by atoms with van der Waals surface area (Å²) in [7, 11) is 0. The zero-order valence-electron chi connectivity index (χ0n) is 60.6. The van der Waals surface area contributed by atoms with Crippen molar-refractivity contribution in [1.82, 2.24) is 0 Å². The van der Waals surface area contributed by atoms with Gasteiger partial charge in [0.05, 0.1) is 0 Å². The van der Waals surface area contributed by atoms with Crippen molar-refractivity contribution < 1.29 is 0 Å². The number of aryl methyl sites for hydroxylation is 8. The summed E-state index contributed by atoms with van der Waals surface area (Å²) >= 11 is 0. The Kier molecular flexibility index (Phi) is 20.2. The van der Waals surface area contributed by atoms with E-state index >= 15 is 0 Å². The largest absolute Gasteiger partial charge is 0.311 e. The van der Waals surface area contributed by atoms with Gasteiger partial charge in [-0.2, -0.15) is 0 Å². The molecule has 506 valence electrons. The van der Waals surface area contributed by atoms with Crippen LogP contribution in [0.5, 0.6) is 0 Å². The Bertz CT molecular complexity index is 4420. The molecule has 0 heterocycles. The molecule has 0 N–H and O–H groups in total. The number of rotatable bonds is 17. The predicted octanol–water partition coefficient (Wildman–Crippen LogP) is 27.4. The van der Waals surface area contributed by atoms with Crippen LogP contribution in [0.4, 0.5) is 68.2 Å². The van der Waals surface area contributed by atoms with Crippen LogP contribution in [0.1, 0.15) is 123 Å². The van der Waals surface area contributed by atoms with E-state index in [9.17, 15) is 0 Å². The molecule has 0 bridgehead atoms. The highest BCUT2D eigenvalue weighted by molar-refractivity contribution is 5.81. The summed E-state index contributed by atoms with van der Waals surface area (Å²) in [6.45, 7) is 17.2. The van der Waals surface area contributed by atoms with E-state index in [0.29, 0.717) is 5.92 Å². The van der Waals surface area contributed by atoms with Crippen LogP contribution in [0.25, 0.3) is 0 Å². The molecule has 0 aromatic heterocycles. The van der Waals surface area contributed by atoms with Crippen molar-refractivity contribution in [3.05, 3.63) is 406 Å². The molecule has 1 saturated carbocycles. The minimum Gasteiger partial charge on any atom is -0.311 e. The lowest BCUT2D eigenvalue weighted by Crippen LogP contribution is -2.30. The van der Waals surface area contributed by atoms with Crippen LogP contribution in [0.2, 0.25) is 0 Å². The van der Waals surface area contributed by atoms with Crippen molar-refractivity contribution in [2.75, 3.05) is 19.6 Å². The molecule has 0 aliphatic heterocycles. The molecule has 4 heteroatoms. The first kappa shape index (κ1) is 68.0. The molecule has 0 radical (unpaired) electrons. The summed E-state index contributed by atoms with van der Waals surface area (Å²) in [5.74, 6) is 0.398. The summed E-state index contributed by atoms with van der Waals surface area (Å²) < 4.78 is 0. The van der Waals surface area contributed by atoms with Crippen LogP contribution in [0, 0.1) is 55.4 Å². The van der Waals surface area contributed by atoms with Gasteiger partial charge in [0, 0.05) is 85.0 Å². The molecule has 13 aromatic carbocycles. The van der Waals surface area contributed by atoms with E-state index in [1.54, 1.807) is 0 Å². The van der Waals surface area contributed by atoms with Gasteiger partial charge >= 0.3 is 0 Å². The Balaban J connectivity index is 0.000000174. The molecule has 0 saturated heterocycles. The lowest BCUT2D eigenvalue weighted by atomic mass is 9.65. The minimum absolute atomic E-state index is 0.00636. The first-order valence-corrected chi connectivity index (χ1v) is 36.7. The SMILES string of the molecule is Cc1ccc(N(c2ccc(C)cc2)c2ccc(C3(c4ccc(N(c5ccc(C)cc5)c5ccc(C)cc5)cc4)C=CC(c4ccccc4)CC3)cc2)cc1.Cc1ccc(N(c2ccc(C)cc2)c2ccc(C3(c4ccc(N(c5ccc(C)cc5)c5ccc(C)cc5)cc4)CCCCC3)cc2)cc1. The zero-order valence-corrected chi connectivity index (χ0v) is 60.6. The van der Waals surface area contributed by atoms with Crippen molar-refractivity contribution in [3.8, 4) is 0 Å². The molecule has 2 aliphatic rings. The maximum Gasteiger partial charge on any atom is 0.0461 e. The fourth-order valence-electron chi connectivity index (χ4n) is 15.4. The summed E-state index contributed by atoms with van der Waals surface area (Å²) in [5, 5.41) is 0. The highest BCUT2D eigenvalue weighted by Crippen LogP contribution is 2.50. The van der Waals surface area contributed by atoms with Crippen molar-refractivity contribution in [2.45, 2.75) is 117 Å². The maximum absolute atomic E-state index is 2.49. The summed E-state index contributed by atoms with van der Waals surface area (Å²) in [6.07, 6.45) is 13.2. The molecule has 2 aliphatic carbocycles. The third-order valence-corrected chi connectivity index (χ3v) is 21.4. The second-order valence-electron chi connectivity index (χ2n) is 28.7. The van der Waals surface area contributed by atoms with Gasteiger partial charge in [-0.1, -0.05) is 252 Å². The lowest BCUT2D eigenvalue weighted by Gasteiger charge is -2.39. The summed E-state index contributed by atoms with van der Waals surface area (Å²) in [6, 6.07) is 119. The Morgan fingerprint density at radius 1 is 0.225 bits per heavy atom. The monoisotopic (exact) mass is 1330 g/mol. The van der Waals surface area contributed by atoms with Crippen LogP contribution >= 0.6 is 0 Å². The fourth-order valence-corrected chi connectivity index (χ4v) is 15.4. The van der Waals surface area contributed by atoms with E-state index in [1.807, 2.05) is 0 Å². The van der Waals surface area contributed by atoms with E-state index in [0.717, 1.165) is 47.0 Å². The molecular weight excluding hydrogens is 1230 g/mol. The molecule has 0 spiro atoms. The standard InChI is InChI=1S/C52H48N2.C46H46N2/c1-38-10-22-46(23-11-38)53(47-24-12-39(2)13-25-47)50-30-18-44(19-31-50)52(36-34-43(35-37-52)42-8-6-5-7-9-42)45-20-32-51(33-21-45)54(48-26-14-40(3)15-27-48)49-28-16-41(4)17-29-49;1-34-8-20-40(21-9-34)47(41-22-10-35(2)11-23-41)44-28-16-38(17-29-44)46(32-6-5-7-33-46)39-18-30-45(31-19-39)48(42-24-12-36(3)13-25-42)43-26-14-37(4)15-27-43/h5-34,36,43H,35,37H2,1-4H3;8-31H,5-7,32-33H2,1-4H3. The van der Waals surface area contributed by atoms with Gasteiger partial charge < -0.3 is 19.6 Å². The van der Waals surface area contributed by atoms with Gasteiger partial charge in [-0.3, -0.25) is 0 Å². The molecule has 102 heavy (non-hydrogen) atoms. The average molecular weight is 1330 g/mol. The van der Waals surface area contributed by atoms with Crippen LogP contribution in [0.15, 0.2) is 334 Å². The molecule has 4 nitrogen and oxygen atoms in total. The maximum atomic E-state index is 2.49. The van der Waals surface area contributed by atoms with Crippen LogP contribution in [-0.4, -0.2) is 0 Å². The van der Waals surface area contributed by atoms with Crippen molar-refractivity contribution in [1.29, 1.82) is 0 Å². The van der Waals surface area contributed by atoms with Gasteiger partial charge in [0.25, 0.3) is 0 Å². The second-order valence-corrected chi connectivity index (χ2v) is 28.7. The molecule has 1 fully saturated rings. The van der Waals surface area contributed by atoms with E-state index < -0.39 is 0 Å². The topological polar surface area (TPSA) is 13.0 Å². The number of hydrogen-bond donors (Lipinski definition) is 0. The molecule has 15 rings (SSSR count). The molecular formula is C98H94N4. The van der Waals surface area contributed by atoms with Gasteiger partial charge in [0.2, 0.25) is 0 Å². The highest BCUT2D eigenvalue weighted by Gasteiger charge is 2.38.